The third-order valence-electron chi connectivity index (χ3n) is 5.09. The topological polar surface area (TPSA) is 81.2 Å². The van der Waals surface area contributed by atoms with Crippen molar-refractivity contribution in [3.8, 4) is 5.69 Å². The van der Waals surface area contributed by atoms with Crippen molar-refractivity contribution >= 4 is 39.4 Å². The molecule has 1 aromatic carbocycles. The lowest BCUT2D eigenvalue weighted by Gasteiger charge is -2.11. The summed E-state index contributed by atoms with van der Waals surface area (Å²) in [6.07, 6.45) is 1.44. The number of hydrogen-bond donors (Lipinski definition) is 0. The van der Waals surface area contributed by atoms with E-state index in [-0.39, 0.29) is 17.4 Å². The summed E-state index contributed by atoms with van der Waals surface area (Å²) in [6, 6.07) is 9.90. The largest absolute Gasteiger partial charge is 0.414 e. The molecule has 1 aliphatic heterocycles. The van der Waals surface area contributed by atoms with Gasteiger partial charge in [-0.15, -0.1) is 10.2 Å². The van der Waals surface area contributed by atoms with Crippen LogP contribution in [0.15, 0.2) is 44.4 Å². The Morgan fingerprint density at radius 2 is 2.00 bits per heavy atom. The van der Waals surface area contributed by atoms with E-state index in [1.54, 1.807) is 4.90 Å². The molecule has 1 fully saturated rings. The summed E-state index contributed by atoms with van der Waals surface area (Å²) in [5.41, 5.74) is 3.60. The Balaban J connectivity index is 1.42. The van der Waals surface area contributed by atoms with E-state index in [0.29, 0.717) is 29.6 Å². The van der Waals surface area contributed by atoms with Gasteiger partial charge in [0.15, 0.2) is 5.78 Å². The van der Waals surface area contributed by atoms with E-state index in [1.165, 1.54) is 11.8 Å². The van der Waals surface area contributed by atoms with Crippen molar-refractivity contribution in [3.63, 3.8) is 0 Å². The number of aromatic nitrogens is 3. The summed E-state index contributed by atoms with van der Waals surface area (Å²) in [4.78, 5) is 26.3. The van der Waals surface area contributed by atoms with Crippen molar-refractivity contribution < 1.29 is 14.0 Å². The molecule has 0 N–H and O–H groups in total. The first-order chi connectivity index (χ1) is 14.4. The van der Waals surface area contributed by atoms with Crippen LogP contribution in [0.3, 0.4) is 0 Å². The van der Waals surface area contributed by atoms with Gasteiger partial charge in [-0.2, -0.15) is 0 Å². The number of carbonyl (C=O) groups excluding carboxylic acids is 2. The van der Waals surface area contributed by atoms with Gasteiger partial charge in [-0.25, -0.2) is 0 Å². The minimum Gasteiger partial charge on any atom is -0.414 e. The van der Waals surface area contributed by atoms with Crippen LogP contribution < -0.4 is 0 Å². The van der Waals surface area contributed by atoms with Gasteiger partial charge in [0, 0.05) is 40.1 Å². The average Bonchev–Trinajstić information content (AvgIpc) is 3.42. The number of thioether (sulfide) groups is 1. The van der Waals surface area contributed by atoms with E-state index in [9.17, 15) is 9.59 Å². The molecular weight excluding hydrogens is 468 g/mol. The predicted octanol–water partition coefficient (Wildman–Crippen LogP) is 4.34. The average molecular weight is 489 g/mol. The van der Waals surface area contributed by atoms with Crippen molar-refractivity contribution in [1.29, 1.82) is 0 Å². The zero-order valence-electron chi connectivity index (χ0n) is 16.7. The fraction of sp³-hybridized carbons (Fsp3) is 0.333. The molecule has 1 amide bonds. The molecule has 1 saturated heterocycles. The van der Waals surface area contributed by atoms with E-state index in [2.05, 4.69) is 30.7 Å². The lowest BCUT2D eigenvalue weighted by atomic mass is 10.2. The van der Waals surface area contributed by atoms with Crippen LogP contribution in [0.1, 0.15) is 40.5 Å². The number of hydrogen-bond acceptors (Lipinski definition) is 6. The molecule has 1 aliphatic rings. The van der Waals surface area contributed by atoms with Crippen LogP contribution in [-0.2, 0) is 11.3 Å². The molecule has 7 nitrogen and oxygen atoms in total. The van der Waals surface area contributed by atoms with Gasteiger partial charge in [-0.1, -0.05) is 27.7 Å². The molecule has 2 aromatic heterocycles. The van der Waals surface area contributed by atoms with Crippen molar-refractivity contribution in [1.82, 2.24) is 19.7 Å². The van der Waals surface area contributed by atoms with Gasteiger partial charge in [0.25, 0.3) is 5.22 Å². The van der Waals surface area contributed by atoms with Crippen LogP contribution in [0.5, 0.6) is 0 Å². The highest BCUT2D eigenvalue weighted by molar-refractivity contribution is 9.10. The van der Waals surface area contributed by atoms with Crippen LogP contribution in [0, 0.1) is 13.8 Å². The second-order valence-corrected chi connectivity index (χ2v) is 9.03. The molecule has 0 saturated carbocycles. The molecule has 9 heteroatoms. The van der Waals surface area contributed by atoms with E-state index >= 15 is 0 Å². The van der Waals surface area contributed by atoms with Gasteiger partial charge < -0.3 is 13.9 Å². The maximum absolute atomic E-state index is 12.8. The van der Waals surface area contributed by atoms with E-state index in [1.807, 2.05) is 44.2 Å². The van der Waals surface area contributed by atoms with Gasteiger partial charge in [-0.05, 0) is 50.6 Å². The minimum atomic E-state index is 0.00549. The first-order valence-corrected chi connectivity index (χ1v) is 11.4. The summed E-state index contributed by atoms with van der Waals surface area (Å²) in [5.74, 6) is 0.716. The maximum Gasteiger partial charge on any atom is 0.277 e. The Hall–Kier alpha value is -2.39. The molecule has 0 bridgehead atoms. The minimum absolute atomic E-state index is 0.00549. The molecule has 3 heterocycles. The van der Waals surface area contributed by atoms with Gasteiger partial charge in [-0.3, -0.25) is 9.59 Å². The number of benzene rings is 1. The third-order valence-corrected chi connectivity index (χ3v) is 6.44. The van der Waals surface area contributed by atoms with Gasteiger partial charge in [0.05, 0.1) is 12.3 Å². The molecular formula is C21H21BrN4O3S. The van der Waals surface area contributed by atoms with E-state index in [0.717, 1.165) is 34.5 Å². The molecule has 0 atom stereocenters. The number of nitrogens with zero attached hydrogens (tertiary/aromatic N) is 4. The zero-order valence-corrected chi connectivity index (χ0v) is 19.1. The summed E-state index contributed by atoms with van der Waals surface area (Å²) in [5, 5.41) is 8.33. The van der Waals surface area contributed by atoms with Crippen molar-refractivity contribution in [2.75, 3.05) is 12.3 Å². The number of Topliss-reactive ketones (excluding diaryl/α,β-unsaturated/α-hetero) is 1. The lowest BCUT2D eigenvalue weighted by Crippen LogP contribution is -2.23. The number of halogens is 1. The zero-order chi connectivity index (χ0) is 21.3. The quantitative estimate of drug-likeness (QED) is 0.363. The normalized spacial score (nSPS) is 14.0. The standard InChI is InChI=1S/C21H21BrN4O3S/c1-13-10-17(14(2)26(13)16-7-5-15(22)6-8-16)18(27)12-30-21-24-23-19(29-21)11-25-9-3-4-20(25)28/h5-8,10H,3-4,9,11-12H2,1-2H3. The first kappa shape index (κ1) is 20.9. The van der Waals surface area contributed by atoms with Crippen molar-refractivity contribution in [2.45, 2.75) is 38.5 Å². The fourth-order valence-corrected chi connectivity index (χ4v) is 4.56. The second-order valence-electron chi connectivity index (χ2n) is 7.19. The third kappa shape index (κ3) is 4.37. The van der Waals surface area contributed by atoms with E-state index in [4.69, 9.17) is 4.42 Å². The molecule has 0 radical (unpaired) electrons. The number of rotatable bonds is 7. The highest BCUT2D eigenvalue weighted by atomic mass is 79.9. The van der Waals surface area contributed by atoms with Gasteiger partial charge in [0.2, 0.25) is 11.8 Å². The molecule has 0 spiro atoms. The molecule has 4 rings (SSSR count). The summed E-state index contributed by atoms with van der Waals surface area (Å²) in [6.45, 7) is 4.98. The molecule has 0 unspecified atom stereocenters. The monoisotopic (exact) mass is 488 g/mol. The number of aryl methyl sites for hydroxylation is 1. The number of carbonyl (C=O) groups is 2. The summed E-state index contributed by atoms with van der Waals surface area (Å²) >= 11 is 4.67. The Bertz CT molecular complexity index is 1090. The Kier molecular flexibility index (Phi) is 6.10. The number of amides is 1. The number of likely N-dealkylation sites (tertiary alicyclic amines) is 1. The van der Waals surface area contributed by atoms with Crippen LogP contribution in [0.4, 0.5) is 0 Å². The molecule has 156 valence electrons. The molecule has 3 aromatic rings. The van der Waals surface area contributed by atoms with E-state index < -0.39 is 0 Å². The van der Waals surface area contributed by atoms with Crippen LogP contribution in [0.2, 0.25) is 0 Å². The SMILES string of the molecule is Cc1cc(C(=O)CSc2nnc(CN3CCCC3=O)o2)c(C)n1-c1ccc(Br)cc1. The van der Waals surface area contributed by atoms with Crippen LogP contribution in [0.25, 0.3) is 5.69 Å². The Morgan fingerprint density at radius 1 is 1.23 bits per heavy atom. The van der Waals surface area contributed by atoms with Gasteiger partial charge >= 0.3 is 0 Å². The maximum atomic E-state index is 12.8. The second kappa shape index (κ2) is 8.77. The lowest BCUT2D eigenvalue weighted by molar-refractivity contribution is -0.128. The summed E-state index contributed by atoms with van der Waals surface area (Å²) < 4.78 is 8.69. The highest BCUT2D eigenvalue weighted by Crippen LogP contribution is 2.25. The molecule has 0 aliphatic carbocycles. The van der Waals surface area contributed by atoms with Crippen LogP contribution >= 0.6 is 27.7 Å². The Morgan fingerprint density at radius 3 is 2.70 bits per heavy atom. The first-order valence-electron chi connectivity index (χ1n) is 9.63. The summed E-state index contributed by atoms with van der Waals surface area (Å²) in [7, 11) is 0. The Labute approximate surface area is 187 Å². The molecule has 30 heavy (non-hydrogen) atoms. The van der Waals surface area contributed by atoms with Crippen LogP contribution in [-0.4, -0.2) is 43.7 Å². The van der Waals surface area contributed by atoms with Gasteiger partial charge in [0.1, 0.15) is 0 Å². The predicted molar refractivity (Wildman–Crippen MR) is 117 cm³/mol. The highest BCUT2D eigenvalue weighted by Gasteiger charge is 2.23. The van der Waals surface area contributed by atoms with Crippen molar-refractivity contribution in [3.05, 3.63) is 57.6 Å². The fourth-order valence-electron chi connectivity index (χ4n) is 3.63. The number of ketones is 1. The van der Waals surface area contributed by atoms with Crippen molar-refractivity contribution in [2.24, 2.45) is 0 Å². The smallest absolute Gasteiger partial charge is 0.277 e.